The molecule has 1 aromatic heterocycles. The first-order valence-corrected chi connectivity index (χ1v) is 7.06. The minimum absolute atomic E-state index is 0.0157. The van der Waals surface area contributed by atoms with E-state index < -0.39 is 0 Å². The summed E-state index contributed by atoms with van der Waals surface area (Å²) in [5, 5.41) is 6.93. The Labute approximate surface area is 116 Å². The maximum atomic E-state index is 12.5. The molecule has 0 aliphatic heterocycles. The highest BCUT2D eigenvalue weighted by atomic mass is 79.9. The Balaban J connectivity index is 2.22. The van der Waals surface area contributed by atoms with Gasteiger partial charge in [0.2, 0.25) is 0 Å². The summed E-state index contributed by atoms with van der Waals surface area (Å²) < 4.78 is 0.763. The zero-order chi connectivity index (χ0) is 13.1. The van der Waals surface area contributed by atoms with Crippen LogP contribution in [0.3, 0.4) is 0 Å². The second-order valence-corrected chi connectivity index (χ2v) is 5.49. The maximum absolute atomic E-state index is 12.5. The molecule has 1 fully saturated rings. The number of aryl methyl sites for hydroxylation is 1. The number of carbonyl (C=O) groups is 1. The van der Waals surface area contributed by atoms with Crippen molar-refractivity contribution >= 4 is 21.8 Å². The third-order valence-electron chi connectivity index (χ3n) is 3.43. The lowest BCUT2D eigenvalue weighted by atomic mass is 10.2. The van der Waals surface area contributed by atoms with Crippen molar-refractivity contribution in [1.29, 1.82) is 0 Å². The molecule has 0 atom stereocenters. The van der Waals surface area contributed by atoms with Crippen LogP contribution in [-0.4, -0.2) is 33.6 Å². The van der Waals surface area contributed by atoms with Gasteiger partial charge >= 0.3 is 0 Å². The first kappa shape index (κ1) is 13.3. The average molecular weight is 312 g/mol. The highest BCUT2D eigenvalue weighted by Gasteiger charge is 2.29. The van der Waals surface area contributed by atoms with E-state index in [1.54, 1.807) is 6.08 Å². The maximum Gasteiger partial charge on any atom is 0.276 e. The molecule has 4 nitrogen and oxygen atoms in total. The lowest BCUT2D eigenvalue weighted by molar-refractivity contribution is 0.0699. The molecule has 1 amide bonds. The monoisotopic (exact) mass is 311 g/mol. The number of halogens is 1. The number of aromatic nitrogens is 2. The van der Waals surface area contributed by atoms with Crippen LogP contribution in [0.4, 0.5) is 0 Å². The average Bonchev–Trinajstić information content (AvgIpc) is 2.98. The third kappa shape index (κ3) is 2.51. The molecule has 1 aromatic rings. The SMILES string of the molecule is C=CCN(C(=O)c1n[nH]c(C)c1Br)C1CCCC1. The summed E-state index contributed by atoms with van der Waals surface area (Å²) in [6, 6.07) is 0.333. The Bertz CT molecular complexity index is 449. The van der Waals surface area contributed by atoms with E-state index in [1.807, 2.05) is 11.8 Å². The van der Waals surface area contributed by atoms with Crippen LogP contribution in [0.15, 0.2) is 17.1 Å². The van der Waals surface area contributed by atoms with E-state index in [4.69, 9.17) is 0 Å². The second-order valence-electron chi connectivity index (χ2n) is 4.70. The second kappa shape index (κ2) is 5.69. The van der Waals surface area contributed by atoms with E-state index in [9.17, 15) is 4.79 Å². The standard InChI is InChI=1S/C13H18BrN3O/c1-3-8-17(10-6-4-5-7-10)13(18)12-11(14)9(2)15-16-12/h3,10H,1,4-8H2,2H3,(H,15,16). The Morgan fingerprint density at radius 1 is 1.61 bits per heavy atom. The molecule has 18 heavy (non-hydrogen) atoms. The number of rotatable bonds is 4. The van der Waals surface area contributed by atoms with E-state index in [0.717, 1.165) is 23.0 Å². The fourth-order valence-corrected chi connectivity index (χ4v) is 2.79. The van der Waals surface area contributed by atoms with Gasteiger partial charge in [0, 0.05) is 18.3 Å². The summed E-state index contributed by atoms with van der Waals surface area (Å²) in [5.41, 5.74) is 1.35. The molecule has 1 aliphatic carbocycles. The van der Waals surface area contributed by atoms with Crippen LogP contribution >= 0.6 is 15.9 Å². The van der Waals surface area contributed by atoms with Gasteiger partial charge in [-0.25, -0.2) is 0 Å². The van der Waals surface area contributed by atoms with Crippen molar-refractivity contribution in [2.75, 3.05) is 6.54 Å². The van der Waals surface area contributed by atoms with Crippen molar-refractivity contribution < 1.29 is 4.79 Å². The highest BCUT2D eigenvalue weighted by Crippen LogP contribution is 2.27. The van der Waals surface area contributed by atoms with Crippen molar-refractivity contribution in [2.45, 2.75) is 38.6 Å². The van der Waals surface area contributed by atoms with Gasteiger partial charge < -0.3 is 4.90 Å². The molecule has 98 valence electrons. The van der Waals surface area contributed by atoms with Gasteiger partial charge in [-0.1, -0.05) is 18.9 Å². The molecule has 1 N–H and O–H groups in total. The minimum Gasteiger partial charge on any atom is -0.331 e. The fourth-order valence-electron chi connectivity index (χ4n) is 2.45. The van der Waals surface area contributed by atoms with Crippen LogP contribution in [0, 0.1) is 6.92 Å². The van der Waals surface area contributed by atoms with Crippen LogP contribution in [0.2, 0.25) is 0 Å². The molecule has 0 radical (unpaired) electrons. The summed E-state index contributed by atoms with van der Waals surface area (Å²) in [6.45, 7) is 6.22. The largest absolute Gasteiger partial charge is 0.331 e. The summed E-state index contributed by atoms with van der Waals surface area (Å²) >= 11 is 3.41. The van der Waals surface area contributed by atoms with Gasteiger partial charge in [-0.05, 0) is 35.7 Å². The molecule has 0 unspecified atom stereocenters. The Morgan fingerprint density at radius 3 is 2.78 bits per heavy atom. The first-order chi connectivity index (χ1) is 8.65. The zero-order valence-corrected chi connectivity index (χ0v) is 12.2. The molecule has 1 heterocycles. The summed E-state index contributed by atoms with van der Waals surface area (Å²) in [5.74, 6) is -0.0157. The van der Waals surface area contributed by atoms with Gasteiger partial charge in [0.1, 0.15) is 0 Å². The molecular formula is C13H18BrN3O. The number of aromatic amines is 1. The molecule has 0 spiro atoms. The molecule has 0 saturated heterocycles. The predicted octanol–water partition coefficient (Wildman–Crippen LogP) is 3.05. The lowest BCUT2D eigenvalue weighted by Crippen LogP contribution is -2.39. The quantitative estimate of drug-likeness (QED) is 0.869. The number of nitrogens with zero attached hydrogens (tertiary/aromatic N) is 2. The summed E-state index contributed by atoms with van der Waals surface area (Å²) in [6.07, 6.45) is 6.35. The van der Waals surface area contributed by atoms with Crippen LogP contribution in [-0.2, 0) is 0 Å². The topological polar surface area (TPSA) is 49.0 Å². The molecule has 2 rings (SSSR count). The normalized spacial score (nSPS) is 15.9. The molecular weight excluding hydrogens is 294 g/mol. The minimum atomic E-state index is -0.0157. The van der Waals surface area contributed by atoms with E-state index >= 15 is 0 Å². The molecule has 5 heteroatoms. The van der Waals surface area contributed by atoms with Crippen molar-refractivity contribution in [3.63, 3.8) is 0 Å². The Kier molecular flexibility index (Phi) is 4.22. The molecule has 1 aliphatic rings. The Morgan fingerprint density at radius 2 is 2.28 bits per heavy atom. The van der Waals surface area contributed by atoms with Crippen molar-refractivity contribution in [2.24, 2.45) is 0 Å². The van der Waals surface area contributed by atoms with E-state index in [1.165, 1.54) is 12.8 Å². The van der Waals surface area contributed by atoms with Crippen LogP contribution in [0.1, 0.15) is 41.9 Å². The highest BCUT2D eigenvalue weighted by molar-refractivity contribution is 9.10. The van der Waals surface area contributed by atoms with Crippen molar-refractivity contribution in [3.8, 4) is 0 Å². The smallest absolute Gasteiger partial charge is 0.276 e. The summed E-state index contributed by atoms with van der Waals surface area (Å²) in [7, 11) is 0. The van der Waals surface area contributed by atoms with Gasteiger partial charge in [-0.15, -0.1) is 6.58 Å². The predicted molar refractivity (Wildman–Crippen MR) is 74.5 cm³/mol. The van der Waals surface area contributed by atoms with Gasteiger partial charge in [0.15, 0.2) is 5.69 Å². The zero-order valence-electron chi connectivity index (χ0n) is 10.6. The number of carbonyl (C=O) groups excluding carboxylic acids is 1. The van der Waals surface area contributed by atoms with Crippen molar-refractivity contribution in [3.05, 3.63) is 28.5 Å². The number of hydrogen-bond donors (Lipinski definition) is 1. The van der Waals surface area contributed by atoms with Crippen molar-refractivity contribution in [1.82, 2.24) is 15.1 Å². The van der Waals surface area contributed by atoms with Gasteiger partial charge in [0.25, 0.3) is 5.91 Å². The molecule has 0 bridgehead atoms. The number of amides is 1. The fraction of sp³-hybridized carbons (Fsp3) is 0.538. The first-order valence-electron chi connectivity index (χ1n) is 6.27. The van der Waals surface area contributed by atoms with Gasteiger partial charge in [0.05, 0.1) is 4.47 Å². The summed E-state index contributed by atoms with van der Waals surface area (Å²) in [4.78, 5) is 14.4. The van der Waals surface area contributed by atoms with Crippen LogP contribution in [0.5, 0.6) is 0 Å². The van der Waals surface area contributed by atoms with E-state index in [-0.39, 0.29) is 5.91 Å². The number of H-pyrrole nitrogens is 1. The third-order valence-corrected chi connectivity index (χ3v) is 4.40. The van der Waals surface area contributed by atoms with Gasteiger partial charge in [-0.3, -0.25) is 9.89 Å². The van der Waals surface area contributed by atoms with Gasteiger partial charge in [-0.2, -0.15) is 5.10 Å². The molecule has 0 aromatic carbocycles. The Hall–Kier alpha value is -1.10. The lowest BCUT2D eigenvalue weighted by Gasteiger charge is -2.27. The number of nitrogens with one attached hydrogen (secondary N) is 1. The van der Waals surface area contributed by atoms with E-state index in [2.05, 4.69) is 32.7 Å². The van der Waals surface area contributed by atoms with E-state index in [0.29, 0.717) is 18.3 Å². The van der Waals surface area contributed by atoms with Crippen LogP contribution in [0.25, 0.3) is 0 Å². The molecule has 1 saturated carbocycles. The van der Waals surface area contributed by atoms with Crippen LogP contribution < -0.4 is 0 Å². The number of hydrogen-bond acceptors (Lipinski definition) is 2.